The van der Waals surface area contributed by atoms with Gasteiger partial charge in [0.2, 0.25) is 5.91 Å². The van der Waals surface area contributed by atoms with E-state index < -0.39 is 28.4 Å². The number of carbonyl (C=O) groups is 1. The summed E-state index contributed by atoms with van der Waals surface area (Å²) in [6.45, 7) is 0. The maximum Gasteiger partial charge on any atom is 0.288 e. The Kier molecular flexibility index (Phi) is 4.30. The van der Waals surface area contributed by atoms with Crippen LogP contribution in [0.15, 0.2) is 42.2 Å². The number of rotatable bonds is 4. The van der Waals surface area contributed by atoms with E-state index in [1.54, 1.807) is 0 Å². The zero-order valence-corrected chi connectivity index (χ0v) is 11.8. The van der Waals surface area contributed by atoms with Crippen molar-refractivity contribution in [1.82, 2.24) is 0 Å². The van der Waals surface area contributed by atoms with E-state index in [-0.39, 0.29) is 23.2 Å². The molecule has 0 saturated heterocycles. The fourth-order valence-electron chi connectivity index (χ4n) is 1.99. The smallest absolute Gasteiger partial charge is 0.288 e. The van der Waals surface area contributed by atoms with Gasteiger partial charge < -0.3 is 15.2 Å². The van der Waals surface area contributed by atoms with Crippen molar-refractivity contribution in [2.45, 2.75) is 5.92 Å². The summed E-state index contributed by atoms with van der Waals surface area (Å²) in [7, 11) is 1.26. The maximum atomic E-state index is 13.0. The highest BCUT2D eigenvalue weighted by molar-refractivity contribution is 5.96. The number of ether oxygens (including phenoxy) is 1. The van der Waals surface area contributed by atoms with Gasteiger partial charge in [-0.1, -0.05) is 6.08 Å². The molecular weight excluding hydrogens is 314 g/mol. The van der Waals surface area contributed by atoms with Crippen molar-refractivity contribution in [3.8, 4) is 5.75 Å². The maximum absolute atomic E-state index is 13.0. The lowest BCUT2D eigenvalue weighted by atomic mass is 9.98. The summed E-state index contributed by atoms with van der Waals surface area (Å²) in [5.41, 5.74) is -0.124. The number of benzene rings is 1. The van der Waals surface area contributed by atoms with E-state index in [0.29, 0.717) is 6.08 Å². The fraction of sp³-hybridized carbons (Fsp3) is 0.214. The number of hydrogen-bond donors (Lipinski definition) is 2. The number of allylic oxidation sites excluding steroid dienone is 2. The van der Waals surface area contributed by atoms with Gasteiger partial charge in [-0.05, 0) is 12.1 Å². The van der Waals surface area contributed by atoms with Crippen LogP contribution in [0.5, 0.6) is 5.75 Å². The number of methoxy groups -OCH3 is 1. The molecule has 1 atom stereocenters. The molecule has 0 radical (unpaired) electrons. The number of amides is 1. The molecule has 0 saturated carbocycles. The van der Waals surface area contributed by atoms with Gasteiger partial charge in [-0.2, -0.15) is 8.78 Å². The van der Waals surface area contributed by atoms with Gasteiger partial charge in [-0.15, -0.1) is 0 Å². The van der Waals surface area contributed by atoms with Gasteiger partial charge in [-0.3, -0.25) is 14.9 Å². The number of nitro benzene ring substituents is 1. The molecule has 122 valence electrons. The van der Waals surface area contributed by atoms with Crippen LogP contribution in [0.1, 0.15) is 0 Å². The first-order chi connectivity index (χ1) is 10.7. The van der Waals surface area contributed by atoms with Gasteiger partial charge in [0.1, 0.15) is 17.4 Å². The van der Waals surface area contributed by atoms with Crippen molar-refractivity contribution in [3.63, 3.8) is 0 Å². The average molecular weight is 326 g/mol. The van der Waals surface area contributed by atoms with E-state index in [4.69, 9.17) is 4.74 Å². The standard InChI is InChI=1S/C14H12F2N2O5/c1-23-12-6-8(18(21)22)2-3-10(12)17-13(20)9-4-5-14(15,16)7-11(9)19/h2-7,9,19H,1H3,(H,17,20). The van der Waals surface area contributed by atoms with Crippen LogP contribution in [0.2, 0.25) is 0 Å². The molecule has 1 amide bonds. The molecule has 0 fully saturated rings. The lowest BCUT2D eigenvalue weighted by Gasteiger charge is -2.19. The Morgan fingerprint density at radius 2 is 2.17 bits per heavy atom. The number of non-ortho nitro benzene ring substituents is 1. The Morgan fingerprint density at radius 3 is 2.74 bits per heavy atom. The van der Waals surface area contributed by atoms with Gasteiger partial charge in [0.15, 0.2) is 0 Å². The number of carbonyl (C=O) groups excluding carboxylic acids is 1. The minimum Gasteiger partial charge on any atom is -0.511 e. The molecule has 2 rings (SSSR count). The molecular formula is C14H12F2N2O5. The molecule has 9 heteroatoms. The second-order valence-corrected chi connectivity index (χ2v) is 4.71. The van der Waals surface area contributed by atoms with Crippen LogP contribution >= 0.6 is 0 Å². The first kappa shape index (κ1) is 16.4. The van der Waals surface area contributed by atoms with Crippen molar-refractivity contribution in [3.05, 3.63) is 52.3 Å². The molecule has 1 aromatic rings. The summed E-state index contributed by atoms with van der Waals surface area (Å²) in [6.07, 6.45) is 1.66. The second-order valence-electron chi connectivity index (χ2n) is 4.71. The summed E-state index contributed by atoms with van der Waals surface area (Å²) in [5, 5.41) is 22.6. The van der Waals surface area contributed by atoms with E-state index in [2.05, 4.69) is 5.32 Å². The molecule has 0 spiro atoms. The molecule has 1 aliphatic carbocycles. The number of hydrogen-bond acceptors (Lipinski definition) is 5. The molecule has 0 aliphatic heterocycles. The number of nitrogens with one attached hydrogen (secondary N) is 1. The third-order valence-corrected chi connectivity index (χ3v) is 3.11. The molecule has 0 bridgehead atoms. The quantitative estimate of drug-likeness (QED) is 0.503. The lowest BCUT2D eigenvalue weighted by Crippen LogP contribution is -2.27. The topological polar surface area (TPSA) is 102 Å². The van der Waals surface area contributed by atoms with Crippen molar-refractivity contribution in [2.24, 2.45) is 5.92 Å². The molecule has 1 unspecified atom stereocenters. The zero-order valence-electron chi connectivity index (χ0n) is 11.8. The normalized spacial score (nSPS) is 18.9. The summed E-state index contributed by atoms with van der Waals surface area (Å²) in [4.78, 5) is 22.1. The summed E-state index contributed by atoms with van der Waals surface area (Å²) >= 11 is 0. The SMILES string of the molecule is COc1cc([N+](=O)[O-])ccc1NC(=O)C1C=CC(F)(F)C=C1O. The zero-order chi connectivity index (χ0) is 17.2. The second kappa shape index (κ2) is 6.03. The average Bonchev–Trinajstić information content (AvgIpc) is 2.46. The Balaban J connectivity index is 2.21. The van der Waals surface area contributed by atoms with Gasteiger partial charge in [0, 0.05) is 12.1 Å². The highest BCUT2D eigenvalue weighted by atomic mass is 19.3. The monoisotopic (exact) mass is 326 g/mol. The molecule has 2 N–H and O–H groups in total. The predicted octanol–water partition coefficient (Wildman–Crippen LogP) is 2.81. The van der Waals surface area contributed by atoms with Gasteiger partial charge in [-0.25, -0.2) is 0 Å². The molecule has 1 aromatic carbocycles. The van der Waals surface area contributed by atoms with Gasteiger partial charge in [0.05, 0.1) is 23.8 Å². The van der Waals surface area contributed by atoms with E-state index in [1.807, 2.05) is 0 Å². The van der Waals surface area contributed by atoms with E-state index in [9.17, 15) is 28.8 Å². The number of aliphatic hydroxyl groups is 1. The number of alkyl halides is 2. The third-order valence-electron chi connectivity index (χ3n) is 3.11. The first-order valence-electron chi connectivity index (χ1n) is 6.35. The summed E-state index contributed by atoms with van der Waals surface area (Å²) in [5.74, 6) is -6.13. The number of anilines is 1. The number of halogens is 2. The Labute approximate surface area is 129 Å². The van der Waals surface area contributed by atoms with Crippen molar-refractivity contribution in [2.75, 3.05) is 12.4 Å². The van der Waals surface area contributed by atoms with Gasteiger partial charge >= 0.3 is 0 Å². The number of nitrogens with zero attached hydrogens (tertiary/aromatic N) is 1. The van der Waals surface area contributed by atoms with Crippen LogP contribution in [-0.4, -0.2) is 29.0 Å². The van der Waals surface area contributed by atoms with Crippen LogP contribution in [0.4, 0.5) is 20.2 Å². The van der Waals surface area contributed by atoms with Crippen LogP contribution in [0, 0.1) is 16.0 Å². The van der Waals surface area contributed by atoms with Crippen molar-refractivity contribution in [1.29, 1.82) is 0 Å². The number of nitro groups is 1. The fourth-order valence-corrected chi connectivity index (χ4v) is 1.99. The van der Waals surface area contributed by atoms with Crippen LogP contribution in [-0.2, 0) is 4.79 Å². The Morgan fingerprint density at radius 1 is 1.48 bits per heavy atom. The molecule has 1 aliphatic rings. The van der Waals surface area contributed by atoms with Crippen LogP contribution in [0.25, 0.3) is 0 Å². The number of aliphatic hydroxyl groups excluding tert-OH is 1. The first-order valence-corrected chi connectivity index (χ1v) is 6.35. The Hall–Kier alpha value is -2.97. The highest BCUT2D eigenvalue weighted by Crippen LogP contribution is 2.32. The van der Waals surface area contributed by atoms with Crippen LogP contribution in [0.3, 0.4) is 0 Å². The van der Waals surface area contributed by atoms with Crippen molar-refractivity contribution >= 4 is 17.3 Å². The third kappa shape index (κ3) is 3.62. The van der Waals surface area contributed by atoms with Crippen molar-refractivity contribution < 1.29 is 28.3 Å². The highest BCUT2D eigenvalue weighted by Gasteiger charge is 2.33. The minimum atomic E-state index is -3.31. The predicted molar refractivity (Wildman–Crippen MR) is 76.6 cm³/mol. The van der Waals surface area contributed by atoms with E-state index in [0.717, 1.165) is 18.2 Å². The summed E-state index contributed by atoms with van der Waals surface area (Å²) < 4.78 is 31.0. The van der Waals surface area contributed by atoms with E-state index >= 15 is 0 Å². The molecule has 23 heavy (non-hydrogen) atoms. The Bertz CT molecular complexity index is 715. The van der Waals surface area contributed by atoms with E-state index in [1.165, 1.54) is 13.2 Å². The molecule has 0 heterocycles. The lowest BCUT2D eigenvalue weighted by molar-refractivity contribution is -0.384. The van der Waals surface area contributed by atoms with Gasteiger partial charge in [0.25, 0.3) is 11.6 Å². The molecule has 7 nitrogen and oxygen atoms in total. The largest absolute Gasteiger partial charge is 0.511 e. The van der Waals surface area contributed by atoms with Crippen LogP contribution < -0.4 is 10.1 Å². The molecule has 0 aromatic heterocycles. The summed E-state index contributed by atoms with van der Waals surface area (Å²) in [6, 6.07) is 3.51. The minimum absolute atomic E-state index is 0.0288.